The van der Waals surface area contributed by atoms with Gasteiger partial charge >= 0.3 is 0 Å². The Bertz CT molecular complexity index is 2360. The number of fused-ring (bicyclic) bond motifs is 2. The number of nitrogens with two attached hydrogens (primary N) is 2. The van der Waals surface area contributed by atoms with Gasteiger partial charge in [-0.1, -0.05) is 0 Å². The van der Waals surface area contributed by atoms with E-state index in [0.717, 1.165) is 0 Å². The summed E-state index contributed by atoms with van der Waals surface area (Å²) in [6, 6.07) is 28.1. The van der Waals surface area contributed by atoms with Crippen LogP contribution in [0.1, 0.15) is 53.1 Å². The van der Waals surface area contributed by atoms with Crippen molar-refractivity contribution in [3.05, 3.63) is 131 Å². The molecule has 2 aliphatic rings. The summed E-state index contributed by atoms with van der Waals surface area (Å²) in [7, 11) is 3.12. The number of carbonyl (C=O) groups excluding carboxylic acids is 4. The summed E-state index contributed by atoms with van der Waals surface area (Å²) >= 11 is 0. The van der Waals surface area contributed by atoms with Crippen LogP contribution in [0.2, 0.25) is 0 Å². The van der Waals surface area contributed by atoms with Crippen LogP contribution in [0, 0.1) is 0 Å². The van der Waals surface area contributed by atoms with Crippen molar-refractivity contribution >= 4 is 46.4 Å². The fourth-order valence-electron chi connectivity index (χ4n) is 6.94. The number of hydrogen-bond donors (Lipinski definition) is 2. The lowest BCUT2D eigenvalue weighted by Gasteiger charge is -2.28. The minimum Gasteiger partial charge on any atom is -0.497 e. The summed E-state index contributed by atoms with van der Waals surface area (Å²) in [5.74, 6) is -0.772. The van der Waals surface area contributed by atoms with Crippen LogP contribution in [-0.4, -0.2) is 70.5 Å². The number of hydrogen-bond acceptors (Lipinski definition) is 10. The molecule has 0 unspecified atom stereocenters. The summed E-state index contributed by atoms with van der Waals surface area (Å²) < 4.78 is 13.4. The molecule has 0 bridgehead atoms. The normalized spacial score (nSPS) is 13.8. The molecule has 0 radical (unpaired) electrons. The van der Waals surface area contributed by atoms with Crippen molar-refractivity contribution in [2.24, 2.45) is 21.7 Å². The first-order valence-corrected chi connectivity index (χ1v) is 17.5. The fraction of sp³-hybridized carbons (Fsp3) is 0.150. The van der Waals surface area contributed by atoms with E-state index in [4.69, 9.17) is 20.9 Å². The quantitative estimate of drug-likeness (QED) is 0.180. The van der Waals surface area contributed by atoms with Gasteiger partial charge in [-0.3, -0.25) is 19.2 Å². The van der Waals surface area contributed by atoms with Crippen LogP contribution in [0.3, 0.4) is 0 Å². The van der Waals surface area contributed by atoms with Crippen molar-refractivity contribution in [3.63, 3.8) is 0 Å². The third-order valence-corrected chi connectivity index (χ3v) is 9.74. The van der Waals surface area contributed by atoms with E-state index in [1.807, 2.05) is 0 Å². The average molecular weight is 751 g/mol. The fourth-order valence-corrected chi connectivity index (χ4v) is 6.94. The van der Waals surface area contributed by atoms with Crippen LogP contribution in [0.25, 0.3) is 11.4 Å². The number of aromatic nitrogens is 4. The van der Waals surface area contributed by atoms with E-state index in [-0.39, 0.29) is 34.6 Å². The number of azo groups is 1. The Morgan fingerprint density at radius 2 is 0.893 bits per heavy atom. The van der Waals surface area contributed by atoms with E-state index in [1.165, 1.54) is 9.36 Å². The van der Waals surface area contributed by atoms with Crippen LogP contribution < -0.4 is 30.7 Å². The number of benzene rings is 4. The number of anilines is 2. The zero-order valence-electron chi connectivity index (χ0n) is 30.2. The Balaban J connectivity index is 0.980. The van der Waals surface area contributed by atoms with E-state index < -0.39 is 11.8 Å². The molecule has 0 atom stereocenters. The molecule has 16 nitrogen and oxygen atoms in total. The topological polar surface area (TPSA) is 206 Å². The van der Waals surface area contributed by atoms with Gasteiger partial charge in [-0.05, 0) is 110 Å². The van der Waals surface area contributed by atoms with Crippen molar-refractivity contribution in [2.45, 2.75) is 12.8 Å². The molecule has 2 aromatic heterocycles. The van der Waals surface area contributed by atoms with Crippen molar-refractivity contribution in [2.75, 3.05) is 37.1 Å². The molecule has 2 aliphatic heterocycles. The Kier molecular flexibility index (Phi) is 9.05. The lowest BCUT2D eigenvalue weighted by Crippen LogP contribution is -2.39. The number of methoxy groups -OCH3 is 2. The second-order valence-electron chi connectivity index (χ2n) is 12.9. The highest BCUT2D eigenvalue weighted by molar-refractivity contribution is 6.10. The predicted molar refractivity (Wildman–Crippen MR) is 205 cm³/mol. The Labute approximate surface area is 319 Å². The first-order valence-electron chi connectivity index (χ1n) is 17.5. The SMILES string of the molecule is COc1ccc(-n2nc(C(N)=O)c3c2C(=O)N(c2ccc(N=Nc4ccc(N5CCc6c(C(N)=O)nn(-c7ccc(OC)cc7)c6C5=O)cc4)cc2)CC3)cc1. The highest BCUT2D eigenvalue weighted by Gasteiger charge is 2.36. The lowest BCUT2D eigenvalue weighted by molar-refractivity contribution is 0.0964. The third-order valence-electron chi connectivity index (χ3n) is 9.74. The summed E-state index contributed by atoms with van der Waals surface area (Å²) in [6.45, 7) is 0.648. The van der Waals surface area contributed by atoms with Gasteiger partial charge < -0.3 is 30.7 Å². The number of carbonyl (C=O) groups is 4. The molecule has 56 heavy (non-hydrogen) atoms. The Morgan fingerprint density at radius 1 is 0.554 bits per heavy atom. The Hall–Kier alpha value is -7.62. The zero-order valence-corrected chi connectivity index (χ0v) is 30.2. The standard InChI is InChI=1S/C40H34N10O6/c1-55-29-15-11-27(12-16-29)49-35-31(33(45-49)37(41)51)19-21-47(39(35)53)25-7-3-23(4-8-25)43-44-24-5-9-26(10-6-24)48-22-20-32-34(38(42)52)46-50(36(32)40(48)54)28-13-17-30(56-2)18-14-28/h3-18H,19-22H2,1-2H3,(H2,41,51)(H2,42,52). The van der Waals surface area contributed by atoms with Crippen molar-refractivity contribution in [3.8, 4) is 22.9 Å². The number of nitrogens with zero attached hydrogens (tertiary/aromatic N) is 8. The van der Waals surface area contributed by atoms with Gasteiger partial charge in [0.2, 0.25) is 0 Å². The van der Waals surface area contributed by atoms with Crippen molar-refractivity contribution < 1.29 is 28.7 Å². The van der Waals surface area contributed by atoms with Gasteiger partial charge in [-0.2, -0.15) is 20.4 Å². The number of rotatable bonds is 10. The minimum atomic E-state index is -0.702. The summed E-state index contributed by atoms with van der Waals surface area (Å²) in [6.07, 6.45) is 0.774. The van der Waals surface area contributed by atoms with Gasteiger partial charge in [0.15, 0.2) is 11.4 Å². The molecule has 16 heteroatoms. The molecule has 4 heterocycles. The summed E-state index contributed by atoms with van der Waals surface area (Å²) in [5, 5.41) is 17.6. The molecule has 6 aromatic rings. The molecule has 0 fully saturated rings. The first kappa shape index (κ1) is 35.4. The molecule has 0 aliphatic carbocycles. The molecular weight excluding hydrogens is 717 g/mol. The number of amides is 4. The number of primary amides is 2. The van der Waals surface area contributed by atoms with Crippen LogP contribution in [0.5, 0.6) is 11.5 Å². The van der Waals surface area contributed by atoms with Gasteiger partial charge in [0.1, 0.15) is 22.9 Å². The molecule has 0 saturated heterocycles. The molecule has 4 aromatic carbocycles. The maximum Gasteiger partial charge on any atom is 0.277 e. The number of ether oxygens (including phenoxy) is 2. The monoisotopic (exact) mass is 750 g/mol. The van der Waals surface area contributed by atoms with Gasteiger partial charge in [-0.15, -0.1) is 0 Å². The van der Waals surface area contributed by atoms with Crippen LogP contribution in [0.15, 0.2) is 107 Å². The van der Waals surface area contributed by atoms with Crippen molar-refractivity contribution in [1.29, 1.82) is 0 Å². The second kappa shape index (κ2) is 14.3. The largest absolute Gasteiger partial charge is 0.497 e. The second-order valence-corrected chi connectivity index (χ2v) is 12.9. The smallest absolute Gasteiger partial charge is 0.277 e. The van der Waals surface area contributed by atoms with Gasteiger partial charge in [0.05, 0.1) is 37.0 Å². The van der Waals surface area contributed by atoms with Crippen LogP contribution in [-0.2, 0) is 12.8 Å². The molecule has 280 valence electrons. The van der Waals surface area contributed by atoms with E-state index in [2.05, 4.69) is 20.4 Å². The first-order chi connectivity index (χ1) is 27.1. The van der Waals surface area contributed by atoms with Crippen molar-refractivity contribution in [1.82, 2.24) is 19.6 Å². The third kappa shape index (κ3) is 6.27. The molecular formula is C40H34N10O6. The zero-order chi connectivity index (χ0) is 39.1. The van der Waals surface area contributed by atoms with E-state index >= 15 is 0 Å². The van der Waals surface area contributed by atoms with Crippen LogP contribution >= 0.6 is 0 Å². The Morgan fingerprint density at radius 3 is 1.21 bits per heavy atom. The van der Waals surface area contributed by atoms with Gasteiger partial charge in [0, 0.05) is 35.6 Å². The molecule has 0 saturated carbocycles. The van der Waals surface area contributed by atoms with E-state index in [0.29, 0.717) is 82.7 Å². The average Bonchev–Trinajstić information content (AvgIpc) is 3.82. The van der Waals surface area contributed by atoms with Crippen LogP contribution in [0.4, 0.5) is 22.7 Å². The minimum absolute atomic E-state index is 0.0697. The molecule has 0 spiro atoms. The molecule has 8 rings (SSSR count). The molecule has 4 amide bonds. The highest BCUT2D eigenvalue weighted by Crippen LogP contribution is 2.33. The van der Waals surface area contributed by atoms with E-state index in [1.54, 1.807) is 121 Å². The van der Waals surface area contributed by atoms with Gasteiger partial charge in [0.25, 0.3) is 23.6 Å². The molecule has 4 N–H and O–H groups in total. The highest BCUT2D eigenvalue weighted by atomic mass is 16.5. The lowest BCUT2D eigenvalue weighted by atomic mass is 10.0. The maximum atomic E-state index is 13.9. The maximum absolute atomic E-state index is 13.9. The van der Waals surface area contributed by atoms with Gasteiger partial charge in [-0.25, -0.2) is 9.36 Å². The summed E-state index contributed by atoms with van der Waals surface area (Å²) in [5.41, 5.74) is 16.5. The predicted octanol–water partition coefficient (Wildman–Crippen LogP) is 5.09. The van der Waals surface area contributed by atoms with E-state index in [9.17, 15) is 19.2 Å². The summed E-state index contributed by atoms with van der Waals surface area (Å²) in [4.78, 5) is 55.6.